The molecule has 0 bridgehead atoms. The second-order valence-electron chi connectivity index (χ2n) is 7.62. The van der Waals surface area contributed by atoms with Crippen LogP contribution in [0.2, 0.25) is 0 Å². The lowest BCUT2D eigenvalue weighted by Gasteiger charge is -2.30. The van der Waals surface area contributed by atoms with Gasteiger partial charge >= 0.3 is 5.97 Å². The number of carbonyl (C=O) groups is 3. The first kappa shape index (κ1) is 20.6. The molecule has 0 aliphatic carbocycles. The van der Waals surface area contributed by atoms with Gasteiger partial charge in [0.2, 0.25) is 5.91 Å². The average molecular weight is 394 g/mol. The lowest BCUT2D eigenvalue weighted by molar-refractivity contribution is -0.131. The van der Waals surface area contributed by atoms with Crippen molar-refractivity contribution in [1.29, 1.82) is 0 Å². The lowest BCUT2D eigenvalue weighted by atomic mass is 9.99. The topological polar surface area (TPSA) is 75.7 Å². The summed E-state index contributed by atoms with van der Waals surface area (Å²) in [5.41, 5.74) is 2.89. The smallest absolute Gasteiger partial charge is 0.308 e. The molecule has 0 radical (unpaired) electrons. The molecule has 2 amide bonds. The van der Waals surface area contributed by atoms with Crippen LogP contribution in [0.25, 0.3) is 0 Å². The maximum absolute atomic E-state index is 12.7. The maximum atomic E-state index is 12.7. The highest BCUT2D eigenvalue weighted by Gasteiger charge is 2.24. The van der Waals surface area contributed by atoms with Gasteiger partial charge in [0.25, 0.3) is 5.91 Å². The predicted molar refractivity (Wildman–Crippen MR) is 112 cm³/mol. The van der Waals surface area contributed by atoms with Crippen molar-refractivity contribution in [2.24, 2.45) is 5.92 Å². The predicted octanol–water partition coefficient (Wildman–Crippen LogP) is 4.19. The Morgan fingerprint density at radius 2 is 1.90 bits per heavy atom. The number of carbonyl (C=O) groups excluding carboxylic acids is 3. The number of benzene rings is 2. The van der Waals surface area contributed by atoms with E-state index in [0.29, 0.717) is 31.0 Å². The van der Waals surface area contributed by atoms with Crippen molar-refractivity contribution >= 4 is 29.2 Å². The van der Waals surface area contributed by atoms with E-state index in [9.17, 15) is 14.4 Å². The highest BCUT2D eigenvalue weighted by Crippen LogP contribution is 2.31. The summed E-state index contributed by atoms with van der Waals surface area (Å²) in [6.07, 6.45) is 2.06. The Bertz CT molecular complexity index is 936. The molecule has 0 saturated carbocycles. The summed E-state index contributed by atoms with van der Waals surface area (Å²) in [4.78, 5) is 38.2. The molecule has 152 valence electrons. The number of nitrogens with one attached hydrogen (secondary N) is 1. The number of hydrogen-bond acceptors (Lipinski definition) is 4. The van der Waals surface area contributed by atoms with Crippen LogP contribution in [0, 0.1) is 5.92 Å². The Balaban J connectivity index is 1.79. The Hall–Kier alpha value is -3.15. The Morgan fingerprint density at radius 3 is 2.62 bits per heavy atom. The van der Waals surface area contributed by atoms with Gasteiger partial charge in [0.05, 0.1) is 5.56 Å². The van der Waals surface area contributed by atoms with E-state index in [1.165, 1.54) is 6.92 Å². The zero-order valence-electron chi connectivity index (χ0n) is 17.0. The molecule has 0 saturated heterocycles. The van der Waals surface area contributed by atoms with E-state index in [1.54, 1.807) is 30.3 Å². The third-order valence-corrected chi connectivity index (χ3v) is 4.85. The number of rotatable bonds is 6. The van der Waals surface area contributed by atoms with Crippen LogP contribution >= 0.6 is 0 Å². The molecular formula is C23H26N2O4. The van der Waals surface area contributed by atoms with Gasteiger partial charge in [-0.3, -0.25) is 14.4 Å². The fourth-order valence-corrected chi connectivity index (χ4v) is 3.37. The number of hydrogen-bond donors (Lipinski definition) is 1. The number of ether oxygens (including phenoxy) is 1. The van der Waals surface area contributed by atoms with Crippen molar-refractivity contribution in [2.45, 2.75) is 40.0 Å². The molecule has 3 rings (SSSR count). The zero-order valence-corrected chi connectivity index (χ0v) is 17.0. The third kappa shape index (κ3) is 5.02. The zero-order chi connectivity index (χ0) is 21.0. The second-order valence-corrected chi connectivity index (χ2v) is 7.62. The molecule has 0 aromatic heterocycles. The third-order valence-electron chi connectivity index (χ3n) is 4.85. The second kappa shape index (κ2) is 8.90. The van der Waals surface area contributed by atoms with E-state index in [0.717, 1.165) is 17.7 Å². The SMILES string of the molecule is CC(=O)Oc1ccccc1C(=O)Nc1ccc2c(c1)CCC(=O)N2CCC(C)C. The number of nitrogens with zero attached hydrogens (tertiary/aromatic N) is 1. The largest absolute Gasteiger partial charge is 0.426 e. The van der Waals surface area contributed by atoms with Crippen LogP contribution in [0.3, 0.4) is 0 Å². The molecule has 1 aliphatic rings. The van der Waals surface area contributed by atoms with E-state index in [-0.39, 0.29) is 23.1 Å². The standard InChI is InChI=1S/C23H26N2O4/c1-15(2)12-13-25-20-10-9-18(14-17(20)8-11-22(25)27)24-23(28)19-6-4-5-7-21(19)29-16(3)26/h4-7,9-10,14-15H,8,11-13H2,1-3H3,(H,24,28). The normalized spacial score (nSPS) is 13.2. The number of para-hydroxylation sites is 1. The van der Waals surface area contributed by atoms with Crippen molar-refractivity contribution in [3.05, 3.63) is 53.6 Å². The van der Waals surface area contributed by atoms with Crippen LogP contribution in [0.5, 0.6) is 5.75 Å². The molecular weight excluding hydrogens is 368 g/mol. The maximum Gasteiger partial charge on any atom is 0.308 e. The molecule has 0 atom stereocenters. The monoisotopic (exact) mass is 394 g/mol. The summed E-state index contributed by atoms with van der Waals surface area (Å²) in [7, 11) is 0. The van der Waals surface area contributed by atoms with Gasteiger partial charge in [-0.15, -0.1) is 0 Å². The molecule has 0 unspecified atom stereocenters. The van der Waals surface area contributed by atoms with E-state index >= 15 is 0 Å². The first-order valence-corrected chi connectivity index (χ1v) is 9.87. The first-order valence-electron chi connectivity index (χ1n) is 9.87. The quantitative estimate of drug-likeness (QED) is 0.589. The summed E-state index contributed by atoms with van der Waals surface area (Å²) in [6.45, 7) is 6.28. The average Bonchev–Trinajstić information content (AvgIpc) is 2.67. The minimum atomic E-state index is -0.481. The van der Waals surface area contributed by atoms with Crippen LogP contribution in [-0.4, -0.2) is 24.3 Å². The van der Waals surface area contributed by atoms with Crippen molar-refractivity contribution in [2.75, 3.05) is 16.8 Å². The Kier molecular flexibility index (Phi) is 6.32. The highest BCUT2D eigenvalue weighted by molar-refractivity contribution is 6.07. The summed E-state index contributed by atoms with van der Waals surface area (Å²) in [5.74, 6) is 0.0470. The van der Waals surface area contributed by atoms with Crippen LogP contribution in [0.15, 0.2) is 42.5 Å². The summed E-state index contributed by atoms with van der Waals surface area (Å²) in [6, 6.07) is 12.2. The van der Waals surface area contributed by atoms with Crippen molar-refractivity contribution < 1.29 is 19.1 Å². The van der Waals surface area contributed by atoms with Gasteiger partial charge in [-0.05, 0) is 54.7 Å². The van der Waals surface area contributed by atoms with Crippen molar-refractivity contribution in [3.8, 4) is 5.75 Å². The number of esters is 1. The summed E-state index contributed by atoms with van der Waals surface area (Å²) < 4.78 is 5.12. The molecule has 2 aromatic carbocycles. The van der Waals surface area contributed by atoms with Crippen LogP contribution in [0.4, 0.5) is 11.4 Å². The van der Waals surface area contributed by atoms with Gasteiger partial charge in [-0.1, -0.05) is 26.0 Å². The van der Waals surface area contributed by atoms with Gasteiger partial charge in [-0.25, -0.2) is 0 Å². The number of aryl methyl sites for hydroxylation is 1. The summed E-state index contributed by atoms with van der Waals surface area (Å²) in [5, 5.41) is 2.86. The molecule has 6 heteroatoms. The van der Waals surface area contributed by atoms with Crippen molar-refractivity contribution in [1.82, 2.24) is 0 Å². The Labute approximate surface area is 170 Å². The summed E-state index contributed by atoms with van der Waals surface area (Å²) >= 11 is 0. The number of anilines is 2. The van der Waals surface area contributed by atoms with Crippen LogP contribution < -0.4 is 15.0 Å². The Morgan fingerprint density at radius 1 is 1.14 bits per heavy atom. The molecule has 1 N–H and O–H groups in total. The molecule has 0 fully saturated rings. The number of fused-ring (bicyclic) bond motifs is 1. The minimum Gasteiger partial charge on any atom is -0.426 e. The minimum absolute atomic E-state index is 0.144. The van der Waals surface area contributed by atoms with Gasteiger partial charge in [0.1, 0.15) is 5.75 Å². The molecule has 29 heavy (non-hydrogen) atoms. The van der Waals surface area contributed by atoms with Gasteiger partial charge < -0.3 is 15.0 Å². The van der Waals surface area contributed by atoms with Gasteiger partial charge in [0.15, 0.2) is 0 Å². The van der Waals surface area contributed by atoms with Crippen molar-refractivity contribution in [3.63, 3.8) is 0 Å². The van der Waals surface area contributed by atoms with E-state index in [1.807, 2.05) is 17.0 Å². The fraction of sp³-hybridized carbons (Fsp3) is 0.348. The van der Waals surface area contributed by atoms with Gasteiger partial charge in [0, 0.05) is 31.3 Å². The molecule has 6 nitrogen and oxygen atoms in total. The van der Waals surface area contributed by atoms with E-state index < -0.39 is 5.97 Å². The molecule has 1 aliphatic heterocycles. The first-order chi connectivity index (χ1) is 13.8. The van der Waals surface area contributed by atoms with Crippen LogP contribution in [-0.2, 0) is 16.0 Å². The van der Waals surface area contributed by atoms with Crippen LogP contribution in [0.1, 0.15) is 49.5 Å². The van der Waals surface area contributed by atoms with E-state index in [2.05, 4.69) is 19.2 Å². The highest BCUT2D eigenvalue weighted by atomic mass is 16.5. The number of amides is 2. The van der Waals surface area contributed by atoms with Gasteiger partial charge in [-0.2, -0.15) is 0 Å². The van der Waals surface area contributed by atoms with E-state index in [4.69, 9.17) is 4.74 Å². The lowest BCUT2D eigenvalue weighted by Crippen LogP contribution is -2.36. The fourth-order valence-electron chi connectivity index (χ4n) is 3.37. The molecule has 0 spiro atoms. The molecule has 2 aromatic rings. The molecule has 1 heterocycles.